The minimum atomic E-state index is 0.430. The van der Waals surface area contributed by atoms with E-state index < -0.39 is 0 Å². The van der Waals surface area contributed by atoms with E-state index in [9.17, 15) is 0 Å². The van der Waals surface area contributed by atoms with Crippen molar-refractivity contribution in [2.45, 2.75) is 27.3 Å². The maximum absolute atomic E-state index is 5.39. The summed E-state index contributed by atoms with van der Waals surface area (Å²) in [4.78, 5) is 0. The molecule has 0 bridgehead atoms. The van der Waals surface area contributed by atoms with Gasteiger partial charge in [-0.2, -0.15) is 20.0 Å². The van der Waals surface area contributed by atoms with Crippen molar-refractivity contribution in [3.8, 4) is 11.4 Å². The zero-order chi connectivity index (χ0) is 21.3. The highest BCUT2D eigenvalue weighted by Gasteiger charge is 2.13. The second-order valence-electron chi connectivity index (χ2n) is 7.12. The highest BCUT2D eigenvalue weighted by atomic mass is 79.9. The van der Waals surface area contributed by atoms with Crippen LogP contribution in [0.5, 0.6) is 0 Å². The Kier molecular flexibility index (Phi) is 5.78. The Morgan fingerprint density at radius 1 is 1.10 bits per heavy atom. The molecule has 0 aliphatic rings. The Hall–Kier alpha value is -2.84. The number of benzene rings is 2. The SMILES string of the molecule is Cc1ccc(Cn2nc(C)c(C=Nn3c(-c4ccccc4Br)n[nH]c3=S)c2C)cc1. The summed E-state index contributed by atoms with van der Waals surface area (Å²) in [5.41, 5.74) is 6.31. The first-order valence-electron chi connectivity index (χ1n) is 9.50. The maximum Gasteiger partial charge on any atom is 0.216 e. The summed E-state index contributed by atoms with van der Waals surface area (Å²) in [6.45, 7) is 6.85. The number of aromatic nitrogens is 5. The molecule has 0 spiro atoms. The van der Waals surface area contributed by atoms with Gasteiger partial charge in [-0.15, -0.1) is 0 Å². The van der Waals surface area contributed by atoms with E-state index in [0.29, 0.717) is 17.1 Å². The lowest BCUT2D eigenvalue weighted by Gasteiger charge is -2.05. The Labute approximate surface area is 188 Å². The van der Waals surface area contributed by atoms with E-state index >= 15 is 0 Å². The van der Waals surface area contributed by atoms with Gasteiger partial charge >= 0.3 is 0 Å². The first-order valence-corrected chi connectivity index (χ1v) is 10.7. The molecular weight excluding hydrogens is 460 g/mol. The topological polar surface area (TPSA) is 63.8 Å². The van der Waals surface area contributed by atoms with E-state index in [1.807, 2.05) is 35.9 Å². The number of nitrogens with zero attached hydrogens (tertiary/aromatic N) is 5. The van der Waals surface area contributed by atoms with Gasteiger partial charge in [0.1, 0.15) is 0 Å². The van der Waals surface area contributed by atoms with Gasteiger partial charge in [-0.25, -0.2) is 5.10 Å². The standard InChI is InChI=1S/C22H21BrN6S/c1-14-8-10-17(11-9-14)13-28-16(3)19(15(2)27-28)12-24-29-21(25-26-22(29)30)18-6-4-5-7-20(18)23/h4-12H,13H2,1-3H3,(H,26,30). The third-order valence-corrected chi connectivity index (χ3v) is 5.91. The molecule has 2 aromatic heterocycles. The molecule has 4 rings (SSSR count). The lowest BCUT2D eigenvalue weighted by molar-refractivity contribution is 0.659. The lowest BCUT2D eigenvalue weighted by atomic mass is 10.1. The van der Waals surface area contributed by atoms with Crippen LogP contribution in [0.25, 0.3) is 11.4 Å². The van der Waals surface area contributed by atoms with Crippen LogP contribution in [0.15, 0.2) is 58.1 Å². The quantitative estimate of drug-likeness (QED) is 0.306. The molecule has 30 heavy (non-hydrogen) atoms. The minimum Gasteiger partial charge on any atom is -0.265 e. The van der Waals surface area contributed by atoms with Crippen LogP contribution in [0.1, 0.15) is 28.1 Å². The minimum absolute atomic E-state index is 0.430. The van der Waals surface area contributed by atoms with Crippen LogP contribution in [0.4, 0.5) is 0 Å². The van der Waals surface area contributed by atoms with Crippen molar-refractivity contribution in [2.24, 2.45) is 5.10 Å². The smallest absolute Gasteiger partial charge is 0.216 e. The van der Waals surface area contributed by atoms with Crippen LogP contribution in [0, 0.1) is 25.5 Å². The van der Waals surface area contributed by atoms with Gasteiger partial charge in [0.25, 0.3) is 0 Å². The van der Waals surface area contributed by atoms with E-state index in [1.54, 1.807) is 10.9 Å². The van der Waals surface area contributed by atoms with Crippen molar-refractivity contribution in [2.75, 3.05) is 0 Å². The molecule has 6 nitrogen and oxygen atoms in total. The Balaban J connectivity index is 1.67. The maximum atomic E-state index is 5.39. The molecular formula is C22H21BrN6S. The number of halogens is 1. The van der Waals surface area contributed by atoms with Gasteiger partial charge in [0.05, 0.1) is 18.5 Å². The molecule has 2 heterocycles. The molecule has 1 N–H and O–H groups in total. The van der Waals surface area contributed by atoms with Gasteiger partial charge in [0, 0.05) is 21.3 Å². The highest BCUT2D eigenvalue weighted by molar-refractivity contribution is 9.10. The fourth-order valence-corrected chi connectivity index (χ4v) is 3.89. The number of hydrogen-bond acceptors (Lipinski definition) is 4. The molecule has 0 fully saturated rings. The molecule has 0 radical (unpaired) electrons. The Morgan fingerprint density at radius 2 is 1.83 bits per heavy atom. The van der Waals surface area contributed by atoms with E-state index in [4.69, 9.17) is 17.3 Å². The summed E-state index contributed by atoms with van der Waals surface area (Å²) in [6.07, 6.45) is 1.80. The van der Waals surface area contributed by atoms with Crippen molar-refractivity contribution in [3.63, 3.8) is 0 Å². The molecule has 2 aromatic carbocycles. The number of aromatic amines is 1. The molecule has 0 amide bonds. The van der Waals surface area contributed by atoms with Gasteiger partial charge in [0.2, 0.25) is 4.77 Å². The first-order chi connectivity index (χ1) is 14.4. The highest BCUT2D eigenvalue weighted by Crippen LogP contribution is 2.26. The van der Waals surface area contributed by atoms with Gasteiger partial charge in [-0.05, 0) is 50.7 Å². The number of rotatable bonds is 5. The third-order valence-electron chi connectivity index (χ3n) is 4.96. The first kappa shape index (κ1) is 20.4. The summed E-state index contributed by atoms with van der Waals surface area (Å²) in [7, 11) is 0. The zero-order valence-corrected chi connectivity index (χ0v) is 19.3. The number of nitrogens with one attached hydrogen (secondary N) is 1. The van der Waals surface area contributed by atoms with Crippen LogP contribution in [-0.4, -0.2) is 30.9 Å². The van der Waals surface area contributed by atoms with Crippen molar-refractivity contribution in [1.29, 1.82) is 0 Å². The normalized spacial score (nSPS) is 11.5. The second kappa shape index (κ2) is 8.49. The third kappa shape index (κ3) is 4.06. The molecule has 0 unspecified atom stereocenters. The lowest BCUT2D eigenvalue weighted by Crippen LogP contribution is -2.04. The average molecular weight is 481 g/mol. The fraction of sp³-hybridized carbons (Fsp3) is 0.182. The molecule has 152 valence electrons. The Morgan fingerprint density at radius 3 is 2.57 bits per heavy atom. The average Bonchev–Trinajstić information content (AvgIpc) is 3.21. The molecule has 8 heteroatoms. The van der Waals surface area contributed by atoms with E-state index in [2.05, 4.69) is 69.3 Å². The summed E-state index contributed by atoms with van der Waals surface area (Å²) in [5, 5.41) is 16.5. The van der Waals surface area contributed by atoms with Crippen LogP contribution >= 0.6 is 28.1 Å². The summed E-state index contributed by atoms with van der Waals surface area (Å²) >= 11 is 8.96. The molecule has 4 aromatic rings. The number of hydrogen-bond donors (Lipinski definition) is 1. The van der Waals surface area contributed by atoms with Crippen LogP contribution in [-0.2, 0) is 6.54 Å². The van der Waals surface area contributed by atoms with Gasteiger partial charge in [-0.1, -0.05) is 57.9 Å². The van der Waals surface area contributed by atoms with E-state index in [0.717, 1.165) is 27.0 Å². The van der Waals surface area contributed by atoms with Crippen LogP contribution in [0.2, 0.25) is 0 Å². The molecule has 0 saturated carbocycles. The van der Waals surface area contributed by atoms with Gasteiger partial charge in [-0.3, -0.25) is 4.68 Å². The van der Waals surface area contributed by atoms with Crippen LogP contribution < -0.4 is 0 Å². The predicted molar refractivity (Wildman–Crippen MR) is 126 cm³/mol. The van der Waals surface area contributed by atoms with Crippen molar-refractivity contribution in [3.05, 3.63) is 85.9 Å². The monoisotopic (exact) mass is 480 g/mol. The van der Waals surface area contributed by atoms with E-state index in [-0.39, 0.29) is 0 Å². The summed E-state index contributed by atoms with van der Waals surface area (Å²) in [5.74, 6) is 0.645. The molecule has 0 aliphatic carbocycles. The van der Waals surface area contributed by atoms with Gasteiger partial charge in [0.15, 0.2) is 5.82 Å². The number of aryl methyl sites for hydroxylation is 2. The summed E-state index contributed by atoms with van der Waals surface area (Å²) < 4.78 is 4.99. The molecule has 0 aliphatic heterocycles. The molecule has 0 atom stereocenters. The van der Waals surface area contributed by atoms with Crippen molar-refractivity contribution >= 4 is 34.4 Å². The Bertz CT molecular complexity index is 1280. The van der Waals surface area contributed by atoms with Gasteiger partial charge < -0.3 is 0 Å². The second-order valence-corrected chi connectivity index (χ2v) is 8.36. The number of H-pyrrole nitrogens is 1. The fourth-order valence-electron chi connectivity index (χ4n) is 3.25. The van der Waals surface area contributed by atoms with Crippen molar-refractivity contribution in [1.82, 2.24) is 24.7 Å². The zero-order valence-electron chi connectivity index (χ0n) is 16.9. The predicted octanol–water partition coefficient (Wildman–Crippen LogP) is 5.42. The molecule has 0 saturated heterocycles. The summed E-state index contributed by atoms with van der Waals surface area (Å²) in [6, 6.07) is 16.3. The van der Waals surface area contributed by atoms with Crippen molar-refractivity contribution < 1.29 is 0 Å². The largest absolute Gasteiger partial charge is 0.265 e. The van der Waals surface area contributed by atoms with Crippen LogP contribution in [0.3, 0.4) is 0 Å². The van der Waals surface area contributed by atoms with E-state index in [1.165, 1.54) is 11.1 Å².